The first-order valence-corrected chi connectivity index (χ1v) is 23.5. The van der Waals surface area contributed by atoms with Crippen molar-refractivity contribution in [1.29, 1.82) is 0 Å². The van der Waals surface area contributed by atoms with Gasteiger partial charge in [-0.05, 0) is 84.5 Å². The number of esters is 2. The van der Waals surface area contributed by atoms with E-state index in [1.807, 2.05) is 0 Å². The molecule has 1 fully saturated rings. The molecule has 0 atom stereocenters. The summed E-state index contributed by atoms with van der Waals surface area (Å²) in [5, 5.41) is 0. The average Bonchev–Trinajstić information content (AvgIpc) is 3.20. The van der Waals surface area contributed by atoms with E-state index in [2.05, 4.69) is 66.8 Å². The second-order valence-corrected chi connectivity index (χ2v) is 15.9. The first-order valence-electron chi connectivity index (χ1n) is 23.5. The summed E-state index contributed by atoms with van der Waals surface area (Å²) in [7, 11) is 2.20. The van der Waals surface area contributed by atoms with E-state index in [-0.39, 0.29) is 37.9 Å². The number of rotatable bonds is 40. The number of likely N-dealkylation sites (N-methyl/N-ethyl adjacent to an activating group) is 1. The Balaban J connectivity index is 2.31. The standard InChI is InChI=1S/C47H89N3O6/c1-5-8-11-14-15-16-17-18-19-20-21-22-23-24-25-26-33-49(34-29-35-50-39-37-48(4)38-40-50)36-32-46(52)54-44-43-53-45(51)30-31-47(55-41-27-12-9-6-2)56-42-28-13-10-7-3/h15-16,18-19,47H,5-14,17,20-44H2,1-4H3/b16-15-,19-18-. The Morgan fingerprint density at radius 3 is 1.66 bits per heavy atom. The van der Waals surface area contributed by atoms with Gasteiger partial charge >= 0.3 is 11.9 Å². The van der Waals surface area contributed by atoms with Gasteiger partial charge in [-0.1, -0.05) is 122 Å². The van der Waals surface area contributed by atoms with Gasteiger partial charge < -0.3 is 33.6 Å². The van der Waals surface area contributed by atoms with Crippen molar-refractivity contribution in [3.05, 3.63) is 24.3 Å². The Hall–Kier alpha value is -1.78. The van der Waals surface area contributed by atoms with Crippen LogP contribution in [0, 0.1) is 0 Å². The molecule has 0 amide bonds. The lowest BCUT2D eigenvalue weighted by Gasteiger charge is -2.33. The number of hydrogen-bond donors (Lipinski definition) is 0. The molecule has 1 saturated heterocycles. The molecule has 0 aromatic carbocycles. The van der Waals surface area contributed by atoms with E-state index in [1.165, 1.54) is 96.3 Å². The third kappa shape index (κ3) is 34.3. The predicted molar refractivity (Wildman–Crippen MR) is 234 cm³/mol. The van der Waals surface area contributed by atoms with Gasteiger partial charge in [-0.3, -0.25) is 9.59 Å². The lowest BCUT2D eigenvalue weighted by molar-refractivity contribution is -0.161. The fourth-order valence-electron chi connectivity index (χ4n) is 6.89. The van der Waals surface area contributed by atoms with Gasteiger partial charge in [0.1, 0.15) is 13.2 Å². The molecule has 0 saturated carbocycles. The van der Waals surface area contributed by atoms with Crippen molar-refractivity contribution in [3.8, 4) is 0 Å². The van der Waals surface area contributed by atoms with Gasteiger partial charge in [0, 0.05) is 52.4 Å². The van der Waals surface area contributed by atoms with Gasteiger partial charge in [0.25, 0.3) is 0 Å². The second kappa shape index (κ2) is 40.0. The quantitative estimate of drug-likeness (QED) is 0.0261. The van der Waals surface area contributed by atoms with E-state index in [0.717, 1.165) is 84.3 Å². The van der Waals surface area contributed by atoms with Crippen LogP contribution in [0.5, 0.6) is 0 Å². The fourth-order valence-corrected chi connectivity index (χ4v) is 6.89. The van der Waals surface area contributed by atoms with E-state index >= 15 is 0 Å². The van der Waals surface area contributed by atoms with Crippen molar-refractivity contribution < 1.29 is 28.5 Å². The Morgan fingerprint density at radius 1 is 0.554 bits per heavy atom. The molecule has 328 valence electrons. The molecule has 0 unspecified atom stereocenters. The number of piperazine rings is 1. The third-order valence-corrected chi connectivity index (χ3v) is 10.6. The molecular weight excluding hydrogens is 703 g/mol. The highest BCUT2D eigenvalue weighted by molar-refractivity contribution is 5.70. The number of hydrogen-bond acceptors (Lipinski definition) is 9. The molecule has 56 heavy (non-hydrogen) atoms. The maximum atomic E-state index is 12.7. The first kappa shape index (κ1) is 52.2. The van der Waals surface area contributed by atoms with Gasteiger partial charge in [-0.25, -0.2) is 0 Å². The van der Waals surface area contributed by atoms with Gasteiger partial charge in [0.2, 0.25) is 0 Å². The van der Waals surface area contributed by atoms with Crippen LogP contribution >= 0.6 is 0 Å². The summed E-state index contributed by atoms with van der Waals surface area (Å²) in [4.78, 5) is 32.6. The zero-order chi connectivity index (χ0) is 40.6. The van der Waals surface area contributed by atoms with Gasteiger partial charge in [-0.2, -0.15) is 0 Å². The minimum absolute atomic E-state index is 0.0759. The van der Waals surface area contributed by atoms with E-state index in [1.54, 1.807) is 0 Å². The lowest BCUT2D eigenvalue weighted by atomic mass is 10.1. The molecule has 0 N–H and O–H groups in total. The highest BCUT2D eigenvalue weighted by Crippen LogP contribution is 2.12. The summed E-state index contributed by atoms with van der Waals surface area (Å²) in [6, 6.07) is 0. The van der Waals surface area contributed by atoms with Crippen LogP contribution < -0.4 is 0 Å². The molecule has 9 nitrogen and oxygen atoms in total. The van der Waals surface area contributed by atoms with Crippen molar-refractivity contribution in [2.75, 3.05) is 85.8 Å². The molecule has 1 aliphatic heterocycles. The van der Waals surface area contributed by atoms with Gasteiger partial charge in [0.05, 0.1) is 12.8 Å². The first-order chi connectivity index (χ1) is 27.5. The largest absolute Gasteiger partial charge is 0.462 e. The molecule has 0 radical (unpaired) electrons. The normalized spacial score (nSPS) is 14.2. The van der Waals surface area contributed by atoms with Crippen molar-refractivity contribution >= 4 is 11.9 Å². The van der Waals surface area contributed by atoms with Crippen LogP contribution in [0.1, 0.15) is 175 Å². The second-order valence-electron chi connectivity index (χ2n) is 15.9. The van der Waals surface area contributed by atoms with Gasteiger partial charge in [0.15, 0.2) is 6.29 Å². The Bertz CT molecular complexity index is 925. The monoisotopic (exact) mass is 792 g/mol. The molecule has 0 spiro atoms. The SMILES string of the molecule is CCCCC/C=C\C/C=C\CCCCCCCCN(CCCN1CCN(C)CC1)CCC(=O)OCCOC(=O)CCC(OCCCCCC)OCCCCCC. The zero-order valence-electron chi connectivity index (χ0n) is 37.1. The number of unbranched alkanes of at least 4 members (excludes halogenated alkanes) is 15. The summed E-state index contributed by atoms with van der Waals surface area (Å²) in [6.45, 7) is 16.5. The van der Waals surface area contributed by atoms with Crippen molar-refractivity contribution in [1.82, 2.24) is 14.7 Å². The van der Waals surface area contributed by atoms with E-state index in [0.29, 0.717) is 32.6 Å². The van der Waals surface area contributed by atoms with Crippen molar-refractivity contribution in [2.45, 2.75) is 181 Å². The number of nitrogens with zero attached hydrogens (tertiary/aromatic N) is 3. The molecule has 0 bridgehead atoms. The predicted octanol–water partition coefficient (Wildman–Crippen LogP) is 10.5. The molecule has 1 heterocycles. The third-order valence-electron chi connectivity index (χ3n) is 10.6. The highest BCUT2D eigenvalue weighted by atomic mass is 16.7. The smallest absolute Gasteiger partial charge is 0.307 e. The van der Waals surface area contributed by atoms with E-state index in [9.17, 15) is 9.59 Å². The van der Waals surface area contributed by atoms with E-state index < -0.39 is 0 Å². The molecular formula is C47H89N3O6. The number of carbonyl (C=O) groups is 2. The minimum Gasteiger partial charge on any atom is -0.462 e. The summed E-state index contributed by atoms with van der Waals surface area (Å²) in [5.74, 6) is -0.537. The topological polar surface area (TPSA) is 80.8 Å². The summed E-state index contributed by atoms with van der Waals surface area (Å²) in [5.41, 5.74) is 0. The van der Waals surface area contributed by atoms with Crippen molar-refractivity contribution in [2.24, 2.45) is 0 Å². The highest BCUT2D eigenvalue weighted by Gasteiger charge is 2.16. The maximum absolute atomic E-state index is 12.7. The lowest BCUT2D eigenvalue weighted by Crippen LogP contribution is -2.45. The molecule has 0 aliphatic carbocycles. The zero-order valence-corrected chi connectivity index (χ0v) is 37.1. The molecule has 1 rings (SSSR count). The van der Waals surface area contributed by atoms with Crippen LogP contribution in [0.2, 0.25) is 0 Å². The number of ether oxygens (including phenoxy) is 4. The van der Waals surface area contributed by atoms with E-state index in [4.69, 9.17) is 18.9 Å². The Kier molecular flexibility index (Phi) is 37.3. The van der Waals surface area contributed by atoms with Crippen LogP contribution in [0.4, 0.5) is 0 Å². The summed E-state index contributed by atoms with van der Waals surface area (Å²) < 4.78 is 22.8. The molecule has 0 aromatic rings. The Morgan fingerprint density at radius 2 is 1.05 bits per heavy atom. The Labute approximate surface area is 345 Å². The average molecular weight is 792 g/mol. The van der Waals surface area contributed by atoms with Crippen LogP contribution in [0.25, 0.3) is 0 Å². The summed E-state index contributed by atoms with van der Waals surface area (Å²) >= 11 is 0. The minimum atomic E-state index is -0.386. The summed E-state index contributed by atoms with van der Waals surface area (Å²) in [6.07, 6.45) is 35.1. The maximum Gasteiger partial charge on any atom is 0.307 e. The van der Waals surface area contributed by atoms with Gasteiger partial charge in [-0.15, -0.1) is 0 Å². The number of allylic oxidation sites excluding steroid dienone is 4. The molecule has 1 aliphatic rings. The van der Waals surface area contributed by atoms with Crippen molar-refractivity contribution in [3.63, 3.8) is 0 Å². The molecule has 0 aromatic heterocycles. The van der Waals surface area contributed by atoms with Crippen LogP contribution in [0.3, 0.4) is 0 Å². The van der Waals surface area contributed by atoms with Crippen LogP contribution in [-0.4, -0.2) is 119 Å². The molecule has 9 heteroatoms. The van der Waals surface area contributed by atoms with Crippen LogP contribution in [0.15, 0.2) is 24.3 Å². The number of carbonyl (C=O) groups excluding carboxylic acids is 2. The van der Waals surface area contributed by atoms with Crippen LogP contribution in [-0.2, 0) is 28.5 Å². The fraction of sp³-hybridized carbons (Fsp3) is 0.872.